The first-order chi connectivity index (χ1) is 8.13. The molecule has 0 saturated heterocycles. The number of aliphatic carboxylic acids is 1. The molecule has 0 saturated carbocycles. The molecule has 0 fully saturated rings. The summed E-state index contributed by atoms with van der Waals surface area (Å²) in [5, 5.41) is 8.42. The second-order valence-electron chi connectivity index (χ2n) is 3.08. The number of benzene rings is 1. The van der Waals surface area contributed by atoms with E-state index in [1.165, 1.54) is 18.2 Å². The molecule has 0 spiro atoms. The van der Waals surface area contributed by atoms with E-state index in [9.17, 15) is 9.18 Å². The number of carboxylic acids is 1. The Balaban J connectivity index is 2.77. The summed E-state index contributed by atoms with van der Waals surface area (Å²) in [7, 11) is 0. The predicted octanol–water partition coefficient (Wildman–Crippen LogP) is 2.33. The first kappa shape index (κ1) is 12.8. The van der Waals surface area contributed by atoms with Crippen molar-refractivity contribution >= 4 is 12.0 Å². The van der Waals surface area contributed by atoms with Crippen LogP contribution in [0.5, 0.6) is 5.75 Å². The Hall–Kier alpha value is -2.28. The van der Waals surface area contributed by atoms with Crippen LogP contribution in [0.4, 0.5) is 4.39 Å². The number of carboxylic acid groups (broad SMARTS) is 1. The molecule has 4 heteroatoms. The van der Waals surface area contributed by atoms with Crippen LogP contribution in [0.2, 0.25) is 0 Å². The molecular formula is C13H11FO3. The van der Waals surface area contributed by atoms with Gasteiger partial charge >= 0.3 is 5.97 Å². The first-order valence-corrected chi connectivity index (χ1v) is 4.86. The van der Waals surface area contributed by atoms with E-state index < -0.39 is 11.8 Å². The third-order valence-electron chi connectivity index (χ3n) is 1.85. The lowest BCUT2D eigenvalue weighted by atomic mass is 10.2. The maximum absolute atomic E-state index is 13.4. The van der Waals surface area contributed by atoms with Crippen molar-refractivity contribution in [2.45, 2.75) is 6.92 Å². The third kappa shape index (κ3) is 4.39. The van der Waals surface area contributed by atoms with Gasteiger partial charge in [-0.1, -0.05) is 12.0 Å². The van der Waals surface area contributed by atoms with Gasteiger partial charge in [0.2, 0.25) is 0 Å². The van der Waals surface area contributed by atoms with Crippen molar-refractivity contribution in [3.05, 3.63) is 35.7 Å². The molecular weight excluding hydrogens is 223 g/mol. The minimum absolute atomic E-state index is 0.0974. The lowest BCUT2D eigenvalue weighted by Gasteiger charge is -2.04. The summed E-state index contributed by atoms with van der Waals surface area (Å²) in [5.74, 6) is 3.75. The lowest BCUT2D eigenvalue weighted by Crippen LogP contribution is -1.96. The van der Waals surface area contributed by atoms with E-state index in [2.05, 4.69) is 11.8 Å². The molecule has 1 aromatic rings. The molecule has 1 aromatic carbocycles. The molecule has 3 nitrogen and oxygen atoms in total. The largest absolute Gasteiger partial charge is 0.478 e. The summed E-state index contributed by atoms with van der Waals surface area (Å²) in [4.78, 5) is 10.3. The van der Waals surface area contributed by atoms with Crippen LogP contribution in [0.3, 0.4) is 0 Å². The van der Waals surface area contributed by atoms with E-state index in [-0.39, 0.29) is 12.4 Å². The van der Waals surface area contributed by atoms with Crippen LogP contribution in [0.1, 0.15) is 12.5 Å². The standard InChI is InChI=1S/C13H11FO3/c1-2-3-8-17-12-6-4-10(9-11(12)14)5-7-13(15)16/h4-7,9H,8H2,1H3,(H,15,16)/b7-5+. The third-order valence-corrected chi connectivity index (χ3v) is 1.85. The molecule has 0 amide bonds. The van der Waals surface area contributed by atoms with Crippen LogP contribution in [-0.4, -0.2) is 17.7 Å². The molecule has 0 aliphatic carbocycles. The van der Waals surface area contributed by atoms with Gasteiger partial charge in [-0.3, -0.25) is 0 Å². The van der Waals surface area contributed by atoms with E-state index in [1.54, 1.807) is 13.0 Å². The van der Waals surface area contributed by atoms with Crippen molar-refractivity contribution in [3.8, 4) is 17.6 Å². The van der Waals surface area contributed by atoms with Gasteiger partial charge in [-0.15, -0.1) is 5.92 Å². The van der Waals surface area contributed by atoms with Crippen LogP contribution < -0.4 is 4.74 Å². The number of hydrogen-bond acceptors (Lipinski definition) is 2. The van der Waals surface area contributed by atoms with E-state index in [0.717, 1.165) is 6.08 Å². The van der Waals surface area contributed by atoms with Crippen molar-refractivity contribution in [3.63, 3.8) is 0 Å². The molecule has 0 unspecified atom stereocenters. The highest BCUT2D eigenvalue weighted by Crippen LogP contribution is 2.18. The van der Waals surface area contributed by atoms with Gasteiger partial charge in [0, 0.05) is 6.08 Å². The summed E-state index contributed by atoms with van der Waals surface area (Å²) >= 11 is 0. The first-order valence-electron chi connectivity index (χ1n) is 4.86. The Morgan fingerprint density at radius 2 is 2.35 bits per heavy atom. The molecule has 0 radical (unpaired) electrons. The predicted molar refractivity (Wildman–Crippen MR) is 62.0 cm³/mol. The van der Waals surface area contributed by atoms with Crippen molar-refractivity contribution in [1.82, 2.24) is 0 Å². The zero-order valence-corrected chi connectivity index (χ0v) is 9.24. The molecule has 0 aliphatic heterocycles. The van der Waals surface area contributed by atoms with Crippen molar-refractivity contribution < 1.29 is 19.0 Å². The molecule has 0 atom stereocenters. The van der Waals surface area contributed by atoms with Gasteiger partial charge < -0.3 is 9.84 Å². The Morgan fingerprint density at radius 3 is 2.94 bits per heavy atom. The zero-order valence-electron chi connectivity index (χ0n) is 9.24. The molecule has 0 bridgehead atoms. The van der Waals surface area contributed by atoms with Gasteiger partial charge in [-0.25, -0.2) is 9.18 Å². The van der Waals surface area contributed by atoms with Gasteiger partial charge in [0.05, 0.1) is 0 Å². The SMILES string of the molecule is CC#CCOc1ccc(/C=C/C(=O)O)cc1F. The number of ether oxygens (including phenoxy) is 1. The number of hydrogen-bond donors (Lipinski definition) is 1. The summed E-state index contributed by atoms with van der Waals surface area (Å²) in [5.41, 5.74) is 0.457. The second kappa shape index (κ2) is 6.33. The fourth-order valence-corrected chi connectivity index (χ4v) is 1.09. The average Bonchev–Trinajstić information content (AvgIpc) is 2.29. The highest BCUT2D eigenvalue weighted by Gasteiger charge is 2.02. The molecule has 17 heavy (non-hydrogen) atoms. The van der Waals surface area contributed by atoms with Gasteiger partial charge in [-0.2, -0.15) is 0 Å². The summed E-state index contributed by atoms with van der Waals surface area (Å²) in [6.45, 7) is 1.79. The van der Waals surface area contributed by atoms with Gasteiger partial charge in [0.15, 0.2) is 11.6 Å². The van der Waals surface area contributed by atoms with E-state index in [4.69, 9.17) is 9.84 Å². The lowest BCUT2D eigenvalue weighted by molar-refractivity contribution is -0.131. The maximum Gasteiger partial charge on any atom is 0.328 e. The molecule has 88 valence electrons. The highest BCUT2D eigenvalue weighted by atomic mass is 19.1. The number of carbonyl (C=O) groups is 1. The number of rotatable bonds is 4. The minimum atomic E-state index is -1.08. The monoisotopic (exact) mass is 234 g/mol. The fourth-order valence-electron chi connectivity index (χ4n) is 1.09. The Bertz CT molecular complexity index is 495. The van der Waals surface area contributed by atoms with Crippen molar-refractivity contribution in [1.29, 1.82) is 0 Å². The summed E-state index contributed by atoms with van der Waals surface area (Å²) < 4.78 is 18.5. The maximum atomic E-state index is 13.4. The Labute approximate surface area is 98.5 Å². The number of halogens is 1. The van der Waals surface area contributed by atoms with E-state index in [1.807, 2.05) is 0 Å². The fraction of sp³-hybridized carbons (Fsp3) is 0.154. The smallest absolute Gasteiger partial charge is 0.328 e. The van der Waals surface area contributed by atoms with Gasteiger partial charge in [-0.05, 0) is 30.7 Å². The zero-order chi connectivity index (χ0) is 12.7. The molecule has 1 N–H and O–H groups in total. The molecule has 0 aromatic heterocycles. The van der Waals surface area contributed by atoms with E-state index >= 15 is 0 Å². The van der Waals surface area contributed by atoms with Crippen LogP contribution in [-0.2, 0) is 4.79 Å². The normalized spacial score (nSPS) is 9.76. The van der Waals surface area contributed by atoms with Crippen molar-refractivity contribution in [2.75, 3.05) is 6.61 Å². The van der Waals surface area contributed by atoms with Crippen LogP contribution in [0.15, 0.2) is 24.3 Å². The Kier molecular flexibility index (Phi) is 4.77. The molecule has 0 aliphatic rings. The average molecular weight is 234 g/mol. The second-order valence-corrected chi connectivity index (χ2v) is 3.08. The van der Waals surface area contributed by atoms with E-state index in [0.29, 0.717) is 5.56 Å². The van der Waals surface area contributed by atoms with Crippen LogP contribution in [0, 0.1) is 17.7 Å². The van der Waals surface area contributed by atoms with Gasteiger partial charge in [0.25, 0.3) is 0 Å². The topological polar surface area (TPSA) is 46.5 Å². The Morgan fingerprint density at radius 1 is 1.59 bits per heavy atom. The van der Waals surface area contributed by atoms with Crippen LogP contribution >= 0.6 is 0 Å². The van der Waals surface area contributed by atoms with Crippen molar-refractivity contribution in [2.24, 2.45) is 0 Å². The highest BCUT2D eigenvalue weighted by molar-refractivity contribution is 5.85. The van der Waals surface area contributed by atoms with Crippen LogP contribution in [0.25, 0.3) is 6.08 Å². The minimum Gasteiger partial charge on any atom is -0.478 e. The van der Waals surface area contributed by atoms with Gasteiger partial charge in [0.1, 0.15) is 6.61 Å². The quantitative estimate of drug-likeness (QED) is 0.642. The summed E-state index contributed by atoms with van der Waals surface area (Å²) in [6.07, 6.45) is 2.25. The molecule has 0 heterocycles. The molecule has 1 rings (SSSR count). The summed E-state index contributed by atoms with van der Waals surface area (Å²) in [6, 6.07) is 4.21.